The number of nitrogens with zero attached hydrogens (tertiary/aromatic N) is 3. The van der Waals surface area contributed by atoms with E-state index in [2.05, 4.69) is 20.3 Å². The zero-order valence-electron chi connectivity index (χ0n) is 12.6. The van der Waals surface area contributed by atoms with E-state index in [9.17, 15) is 22.4 Å². The third-order valence-corrected chi connectivity index (χ3v) is 4.08. The zero-order chi connectivity index (χ0) is 18.2. The van der Waals surface area contributed by atoms with Gasteiger partial charge in [-0.3, -0.25) is 4.79 Å². The normalized spacial score (nSPS) is 18.4. The third kappa shape index (κ3) is 3.59. The lowest BCUT2D eigenvalue weighted by Crippen LogP contribution is -2.58. The van der Waals surface area contributed by atoms with Gasteiger partial charge >= 0.3 is 6.18 Å². The smallest absolute Gasteiger partial charge is 0.341 e. The van der Waals surface area contributed by atoms with Crippen LogP contribution in [0.4, 0.5) is 23.4 Å². The summed E-state index contributed by atoms with van der Waals surface area (Å²) in [6, 6.07) is 0.502. The van der Waals surface area contributed by atoms with E-state index in [0.29, 0.717) is 0 Å². The maximum absolute atomic E-state index is 13.3. The van der Waals surface area contributed by atoms with Crippen molar-refractivity contribution in [2.45, 2.75) is 12.2 Å². The van der Waals surface area contributed by atoms with E-state index in [4.69, 9.17) is 11.6 Å². The Bertz CT molecular complexity index is 841. The average molecular weight is 378 g/mol. The molecule has 0 saturated carbocycles. The molecule has 1 saturated heterocycles. The van der Waals surface area contributed by atoms with E-state index in [1.165, 1.54) is 6.07 Å². The molecule has 0 unspecified atom stereocenters. The molecule has 3 heterocycles. The third-order valence-electron chi connectivity index (χ3n) is 3.74. The van der Waals surface area contributed by atoms with Crippen molar-refractivity contribution >= 4 is 17.4 Å². The second-order valence-corrected chi connectivity index (χ2v) is 5.75. The van der Waals surface area contributed by atoms with Crippen LogP contribution in [0, 0.1) is 5.95 Å². The van der Waals surface area contributed by atoms with Gasteiger partial charge in [-0.05, 0) is 6.07 Å². The van der Waals surface area contributed by atoms with Crippen LogP contribution in [0.15, 0.2) is 23.1 Å². The average Bonchev–Trinajstić information content (AvgIpc) is 2.56. The van der Waals surface area contributed by atoms with Gasteiger partial charge in [0.05, 0.1) is 0 Å². The number of hydrogen-bond acceptors (Lipinski definition) is 5. The van der Waals surface area contributed by atoms with Crippen molar-refractivity contribution in [3.63, 3.8) is 0 Å². The van der Waals surface area contributed by atoms with Crippen LogP contribution in [0.25, 0.3) is 11.4 Å². The minimum Gasteiger partial charge on any atom is -0.341 e. The summed E-state index contributed by atoms with van der Waals surface area (Å²) in [4.78, 5) is 22.8. The number of pyridine rings is 1. The van der Waals surface area contributed by atoms with Crippen molar-refractivity contribution in [2.75, 3.05) is 24.5 Å². The topological polar surface area (TPSA) is 73.9 Å². The van der Waals surface area contributed by atoms with Crippen LogP contribution >= 0.6 is 11.6 Å². The highest BCUT2D eigenvalue weighted by molar-refractivity contribution is 6.32. The number of aromatic nitrogens is 3. The van der Waals surface area contributed by atoms with Gasteiger partial charge in [0, 0.05) is 37.5 Å². The highest BCUT2D eigenvalue weighted by Gasteiger charge is 2.46. The van der Waals surface area contributed by atoms with Crippen LogP contribution in [-0.2, 0) is 0 Å². The molecule has 1 aliphatic heterocycles. The van der Waals surface area contributed by atoms with Gasteiger partial charge in [0.25, 0.3) is 5.56 Å². The number of H-pyrrole nitrogens is 1. The summed E-state index contributed by atoms with van der Waals surface area (Å²) in [5, 5.41) is 2.20. The van der Waals surface area contributed by atoms with Crippen molar-refractivity contribution < 1.29 is 17.6 Å². The van der Waals surface area contributed by atoms with Crippen LogP contribution in [0.1, 0.15) is 0 Å². The summed E-state index contributed by atoms with van der Waals surface area (Å²) in [7, 11) is 0. The quantitative estimate of drug-likeness (QED) is 0.618. The van der Waals surface area contributed by atoms with Crippen LogP contribution < -0.4 is 15.8 Å². The highest BCUT2D eigenvalue weighted by atomic mass is 35.5. The van der Waals surface area contributed by atoms with Gasteiger partial charge in [0.15, 0.2) is 5.82 Å². The number of piperazine rings is 1. The molecule has 0 radical (unpaired) electrons. The van der Waals surface area contributed by atoms with Gasteiger partial charge in [-0.15, -0.1) is 0 Å². The van der Waals surface area contributed by atoms with Crippen LogP contribution in [0.2, 0.25) is 5.02 Å². The maximum Gasteiger partial charge on any atom is 0.410 e. The van der Waals surface area contributed by atoms with Crippen molar-refractivity contribution in [1.29, 1.82) is 0 Å². The van der Waals surface area contributed by atoms with Gasteiger partial charge in [-0.1, -0.05) is 11.6 Å². The van der Waals surface area contributed by atoms with Crippen molar-refractivity contribution in [3.05, 3.63) is 39.7 Å². The van der Waals surface area contributed by atoms with E-state index in [-0.39, 0.29) is 36.8 Å². The van der Waals surface area contributed by atoms with Gasteiger partial charge in [-0.2, -0.15) is 17.6 Å². The Morgan fingerprint density at radius 2 is 2.12 bits per heavy atom. The number of alkyl halides is 3. The first-order valence-corrected chi connectivity index (χ1v) is 7.61. The molecule has 1 aliphatic rings. The first-order valence-electron chi connectivity index (χ1n) is 7.23. The molecule has 2 aromatic heterocycles. The Morgan fingerprint density at radius 1 is 1.36 bits per heavy atom. The summed E-state index contributed by atoms with van der Waals surface area (Å²) >= 11 is 5.91. The van der Waals surface area contributed by atoms with Gasteiger partial charge in [0.2, 0.25) is 5.95 Å². The second kappa shape index (κ2) is 6.60. The number of aromatic amines is 1. The summed E-state index contributed by atoms with van der Waals surface area (Å²) < 4.78 is 53.1. The Hall–Kier alpha value is -2.20. The van der Waals surface area contributed by atoms with Gasteiger partial charge in [0.1, 0.15) is 16.9 Å². The van der Waals surface area contributed by atoms with Gasteiger partial charge in [-0.25, -0.2) is 9.97 Å². The molecular weight excluding hydrogens is 366 g/mol. The molecule has 134 valence electrons. The number of rotatable bonds is 2. The fourth-order valence-corrected chi connectivity index (χ4v) is 2.77. The zero-order valence-corrected chi connectivity index (χ0v) is 13.3. The highest BCUT2D eigenvalue weighted by Crippen LogP contribution is 2.32. The number of halogens is 5. The Labute approximate surface area is 143 Å². The van der Waals surface area contributed by atoms with E-state index < -0.39 is 28.7 Å². The van der Waals surface area contributed by atoms with E-state index in [0.717, 1.165) is 17.2 Å². The van der Waals surface area contributed by atoms with E-state index >= 15 is 0 Å². The molecule has 0 spiro atoms. The predicted molar refractivity (Wildman–Crippen MR) is 83.1 cm³/mol. The molecule has 3 rings (SSSR count). The molecule has 0 aromatic carbocycles. The molecule has 0 amide bonds. The molecule has 2 N–H and O–H groups in total. The fourth-order valence-electron chi connectivity index (χ4n) is 2.57. The molecule has 6 nitrogen and oxygen atoms in total. The second-order valence-electron chi connectivity index (χ2n) is 5.37. The first-order chi connectivity index (χ1) is 11.8. The minimum atomic E-state index is -4.54. The molecule has 1 atom stereocenters. The maximum atomic E-state index is 13.3. The summed E-state index contributed by atoms with van der Waals surface area (Å²) in [5.41, 5.74) is -0.639. The standard InChI is InChI=1S/C14H12ClF4N5O/c15-10-12(24-4-3-20-6-8(24)14(17,18)19)22-11(23-13(10)25)7-1-2-21-9(16)5-7/h1-2,5,8,20H,3-4,6H2,(H,22,23,25)/t8-/m1/s1. The van der Waals surface area contributed by atoms with Crippen LogP contribution in [0.5, 0.6) is 0 Å². The minimum absolute atomic E-state index is 0.0372. The van der Waals surface area contributed by atoms with E-state index in [1.54, 1.807) is 0 Å². The molecule has 0 bridgehead atoms. The van der Waals surface area contributed by atoms with Gasteiger partial charge < -0.3 is 15.2 Å². The largest absolute Gasteiger partial charge is 0.410 e. The SMILES string of the molecule is O=c1[nH]c(-c2ccnc(F)c2)nc(N2CCNC[C@@H]2C(F)(F)F)c1Cl. The van der Waals surface area contributed by atoms with Crippen molar-refractivity contribution in [2.24, 2.45) is 0 Å². The van der Waals surface area contributed by atoms with Crippen molar-refractivity contribution in [3.8, 4) is 11.4 Å². The van der Waals surface area contributed by atoms with Crippen LogP contribution in [-0.4, -0.2) is 46.8 Å². The molecular formula is C14H12ClF4N5O. The first kappa shape index (κ1) is 17.6. The monoisotopic (exact) mass is 377 g/mol. The van der Waals surface area contributed by atoms with Crippen LogP contribution in [0.3, 0.4) is 0 Å². The summed E-state index contributed by atoms with van der Waals surface area (Å²) in [5.74, 6) is -1.20. The summed E-state index contributed by atoms with van der Waals surface area (Å²) in [6.45, 7) is -0.116. The predicted octanol–water partition coefficient (Wildman–Crippen LogP) is 1.96. The summed E-state index contributed by atoms with van der Waals surface area (Å²) in [6.07, 6.45) is -3.38. The number of anilines is 1. The van der Waals surface area contributed by atoms with E-state index in [1.807, 2.05) is 0 Å². The molecule has 1 fully saturated rings. The number of nitrogens with one attached hydrogen (secondary N) is 2. The Morgan fingerprint density at radius 3 is 2.80 bits per heavy atom. The lowest BCUT2D eigenvalue weighted by atomic mass is 10.2. The molecule has 25 heavy (non-hydrogen) atoms. The Kier molecular flexibility index (Phi) is 4.65. The number of hydrogen-bond donors (Lipinski definition) is 2. The lowest BCUT2D eigenvalue weighted by Gasteiger charge is -2.38. The lowest BCUT2D eigenvalue weighted by molar-refractivity contribution is -0.149. The van der Waals surface area contributed by atoms with Crippen molar-refractivity contribution in [1.82, 2.24) is 20.3 Å². The Balaban J connectivity index is 2.10. The molecule has 11 heteroatoms. The fraction of sp³-hybridized carbons (Fsp3) is 0.357. The molecule has 2 aromatic rings. The molecule has 0 aliphatic carbocycles.